The van der Waals surface area contributed by atoms with E-state index in [2.05, 4.69) is 23.3 Å². The van der Waals surface area contributed by atoms with Crippen LogP contribution in [0.4, 0.5) is 5.69 Å². The molecule has 2 aromatic rings. The maximum atomic E-state index is 5.80. The number of thioether (sulfide) groups is 1. The summed E-state index contributed by atoms with van der Waals surface area (Å²) in [6.07, 6.45) is 0. The fourth-order valence-corrected chi connectivity index (χ4v) is 2.70. The van der Waals surface area contributed by atoms with Crippen molar-refractivity contribution in [2.24, 2.45) is 7.05 Å². The Morgan fingerprint density at radius 2 is 2.06 bits per heavy atom. The van der Waals surface area contributed by atoms with Crippen LogP contribution in [0, 0.1) is 13.8 Å². The first kappa shape index (κ1) is 12.0. The molecule has 0 unspecified atom stereocenters. The van der Waals surface area contributed by atoms with Crippen molar-refractivity contribution < 1.29 is 0 Å². The van der Waals surface area contributed by atoms with Crippen molar-refractivity contribution in [3.8, 4) is 0 Å². The van der Waals surface area contributed by atoms with E-state index in [1.165, 1.54) is 10.6 Å². The summed E-state index contributed by atoms with van der Waals surface area (Å²) < 4.78 is 1.94. The molecule has 2 rings (SSSR count). The maximum Gasteiger partial charge on any atom is 0.0596 e. The molecule has 90 valence electrons. The molecule has 0 aliphatic heterocycles. The second-order valence-corrected chi connectivity index (χ2v) is 5.26. The van der Waals surface area contributed by atoms with Gasteiger partial charge in [-0.25, -0.2) is 0 Å². The molecule has 0 fully saturated rings. The van der Waals surface area contributed by atoms with Gasteiger partial charge < -0.3 is 5.73 Å². The predicted molar refractivity (Wildman–Crippen MR) is 73.1 cm³/mol. The van der Waals surface area contributed by atoms with Gasteiger partial charge in [0.1, 0.15) is 0 Å². The molecule has 0 spiro atoms. The van der Waals surface area contributed by atoms with Gasteiger partial charge in [-0.1, -0.05) is 0 Å². The Balaban J connectivity index is 2.07. The highest BCUT2D eigenvalue weighted by molar-refractivity contribution is 7.98. The minimum atomic E-state index is 0.853. The molecule has 4 heteroatoms. The summed E-state index contributed by atoms with van der Waals surface area (Å²) in [5.41, 5.74) is 10.1. The SMILES string of the molecule is Cc1cc(CSc2ccc(N)c(C)c2)n(C)n1. The van der Waals surface area contributed by atoms with Gasteiger partial charge in [0, 0.05) is 29.1 Å². The summed E-state index contributed by atoms with van der Waals surface area (Å²) in [5.74, 6) is 0.931. The van der Waals surface area contributed by atoms with Crippen molar-refractivity contribution >= 4 is 17.4 Å². The van der Waals surface area contributed by atoms with Gasteiger partial charge in [-0.05, 0) is 43.7 Å². The van der Waals surface area contributed by atoms with Crippen LogP contribution in [0.25, 0.3) is 0 Å². The summed E-state index contributed by atoms with van der Waals surface area (Å²) >= 11 is 1.81. The Kier molecular flexibility index (Phi) is 3.43. The normalized spacial score (nSPS) is 10.8. The zero-order chi connectivity index (χ0) is 12.4. The molecule has 1 aromatic carbocycles. The molecule has 1 aromatic heterocycles. The molecule has 0 aliphatic carbocycles. The number of aryl methyl sites for hydroxylation is 3. The average Bonchev–Trinajstić information content (AvgIpc) is 2.59. The van der Waals surface area contributed by atoms with Crippen molar-refractivity contribution in [1.29, 1.82) is 0 Å². The molecule has 0 amide bonds. The van der Waals surface area contributed by atoms with Crippen LogP contribution < -0.4 is 5.73 Å². The first-order valence-electron chi connectivity index (χ1n) is 5.54. The summed E-state index contributed by atoms with van der Waals surface area (Å²) in [7, 11) is 1.98. The number of anilines is 1. The number of aromatic nitrogens is 2. The number of hydrogen-bond donors (Lipinski definition) is 1. The van der Waals surface area contributed by atoms with Gasteiger partial charge in [0.2, 0.25) is 0 Å². The van der Waals surface area contributed by atoms with E-state index in [0.29, 0.717) is 0 Å². The van der Waals surface area contributed by atoms with Gasteiger partial charge in [0.05, 0.1) is 5.69 Å². The number of hydrogen-bond acceptors (Lipinski definition) is 3. The van der Waals surface area contributed by atoms with Gasteiger partial charge in [0.25, 0.3) is 0 Å². The average molecular weight is 247 g/mol. The van der Waals surface area contributed by atoms with Crippen molar-refractivity contribution in [3.63, 3.8) is 0 Å². The van der Waals surface area contributed by atoms with Crippen LogP contribution in [0.2, 0.25) is 0 Å². The summed E-state index contributed by atoms with van der Waals surface area (Å²) in [6, 6.07) is 8.28. The lowest BCUT2D eigenvalue weighted by Gasteiger charge is -2.05. The topological polar surface area (TPSA) is 43.8 Å². The van der Waals surface area contributed by atoms with E-state index in [9.17, 15) is 0 Å². The van der Waals surface area contributed by atoms with Gasteiger partial charge in [-0.15, -0.1) is 11.8 Å². The second kappa shape index (κ2) is 4.84. The Morgan fingerprint density at radius 3 is 2.65 bits per heavy atom. The van der Waals surface area contributed by atoms with E-state index in [4.69, 9.17) is 5.73 Å². The molecule has 0 atom stereocenters. The lowest BCUT2D eigenvalue weighted by molar-refractivity contribution is 0.727. The molecule has 2 N–H and O–H groups in total. The highest BCUT2D eigenvalue weighted by Gasteiger charge is 2.03. The fraction of sp³-hybridized carbons (Fsp3) is 0.308. The quantitative estimate of drug-likeness (QED) is 0.670. The predicted octanol–water partition coefficient (Wildman–Crippen LogP) is 2.91. The second-order valence-electron chi connectivity index (χ2n) is 4.21. The van der Waals surface area contributed by atoms with Crippen LogP contribution in [0.3, 0.4) is 0 Å². The largest absolute Gasteiger partial charge is 0.399 e. The van der Waals surface area contributed by atoms with Crippen LogP contribution in [0.1, 0.15) is 17.0 Å². The number of nitrogens with zero attached hydrogens (tertiary/aromatic N) is 2. The van der Waals surface area contributed by atoms with Gasteiger partial charge in [0.15, 0.2) is 0 Å². The van der Waals surface area contributed by atoms with Crippen LogP contribution >= 0.6 is 11.8 Å². The van der Waals surface area contributed by atoms with Crippen molar-refractivity contribution in [2.75, 3.05) is 5.73 Å². The molecule has 0 saturated carbocycles. The van der Waals surface area contributed by atoms with E-state index in [1.54, 1.807) is 0 Å². The lowest BCUT2D eigenvalue weighted by Crippen LogP contribution is -1.96. The van der Waals surface area contributed by atoms with E-state index < -0.39 is 0 Å². The zero-order valence-corrected chi connectivity index (χ0v) is 11.2. The molecule has 17 heavy (non-hydrogen) atoms. The van der Waals surface area contributed by atoms with Crippen LogP contribution in [0.5, 0.6) is 0 Å². The monoisotopic (exact) mass is 247 g/mol. The van der Waals surface area contributed by atoms with E-state index in [1.807, 2.05) is 43.4 Å². The van der Waals surface area contributed by atoms with Crippen molar-refractivity contribution in [1.82, 2.24) is 9.78 Å². The molecular weight excluding hydrogens is 230 g/mol. The number of nitrogen functional groups attached to an aromatic ring is 1. The highest BCUT2D eigenvalue weighted by atomic mass is 32.2. The van der Waals surface area contributed by atoms with Crippen molar-refractivity contribution in [2.45, 2.75) is 24.5 Å². The minimum absolute atomic E-state index is 0.853. The molecule has 0 radical (unpaired) electrons. The summed E-state index contributed by atoms with van der Waals surface area (Å²) in [4.78, 5) is 1.25. The molecule has 0 saturated heterocycles. The third kappa shape index (κ3) is 2.82. The first-order valence-corrected chi connectivity index (χ1v) is 6.53. The number of nitrogens with two attached hydrogens (primary N) is 1. The molecule has 1 heterocycles. The van der Waals surface area contributed by atoms with Crippen LogP contribution in [-0.2, 0) is 12.8 Å². The lowest BCUT2D eigenvalue weighted by atomic mass is 10.2. The smallest absolute Gasteiger partial charge is 0.0596 e. The van der Waals surface area contributed by atoms with Gasteiger partial charge in [-0.2, -0.15) is 5.10 Å². The molecule has 0 bridgehead atoms. The number of benzene rings is 1. The minimum Gasteiger partial charge on any atom is -0.399 e. The third-order valence-corrected chi connectivity index (χ3v) is 3.75. The standard InChI is InChI=1S/C13H17N3S/c1-9-6-12(4-5-13(9)14)17-8-11-7-10(2)15-16(11)3/h4-7H,8,14H2,1-3H3. The molecule has 0 aliphatic rings. The van der Waals surface area contributed by atoms with Gasteiger partial charge >= 0.3 is 0 Å². The summed E-state index contributed by atoms with van der Waals surface area (Å²) in [6.45, 7) is 4.05. The summed E-state index contributed by atoms with van der Waals surface area (Å²) in [5, 5.41) is 4.34. The first-order chi connectivity index (χ1) is 8.06. The third-order valence-electron chi connectivity index (χ3n) is 2.73. The van der Waals surface area contributed by atoms with E-state index >= 15 is 0 Å². The zero-order valence-electron chi connectivity index (χ0n) is 10.4. The Morgan fingerprint density at radius 1 is 1.29 bits per heavy atom. The van der Waals surface area contributed by atoms with Crippen LogP contribution in [-0.4, -0.2) is 9.78 Å². The Bertz CT molecular complexity index is 531. The van der Waals surface area contributed by atoms with E-state index in [-0.39, 0.29) is 0 Å². The molecule has 3 nitrogen and oxygen atoms in total. The Hall–Kier alpha value is -1.42. The Labute approximate surface area is 106 Å². The fourth-order valence-electron chi connectivity index (χ4n) is 1.69. The van der Waals surface area contributed by atoms with Crippen molar-refractivity contribution in [3.05, 3.63) is 41.2 Å². The number of rotatable bonds is 3. The molecular formula is C13H17N3S. The van der Waals surface area contributed by atoms with Crippen LogP contribution in [0.15, 0.2) is 29.2 Å². The highest BCUT2D eigenvalue weighted by Crippen LogP contribution is 2.25. The van der Waals surface area contributed by atoms with E-state index in [0.717, 1.165) is 22.7 Å². The maximum absolute atomic E-state index is 5.80. The van der Waals surface area contributed by atoms with Gasteiger partial charge in [-0.3, -0.25) is 4.68 Å².